The summed E-state index contributed by atoms with van der Waals surface area (Å²) in [5, 5.41) is 33.9. The van der Waals surface area contributed by atoms with Crippen molar-refractivity contribution in [3.8, 4) is 0 Å². The third-order valence-corrected chi connectivity index (χ3v) is 4.44. The minimum absolute atomic E-state index is 0.321. The van der Waals surface area contributed by atoms with Gasteiger partial charge in [0.2, 0.25) is 11.7 Å². The standard InChI is InChI=1S/C13H15N5O3S/c1-13(19)10(18(20)21)9(8-6-4-3-5-7-8)14-11-15-16-12(22-2)17(11)13/h3-7,9-10,19H,1-2H3,(H,14,15). The van der Waals surface area contributed by atoms with Crippen LogP contribution in [0.4, 0.5) is 5.95 Å². The molecule has 0 bridgehead atoms. The third-order valence-electron chi connectivity index (χ3n) is 3.82. The first-order valence-corrected chi connectivity index (χ1v) is 7.86. The number of benzene rings is 1. The van der Waals surface area contributed by atoms with Crippen LogP contribution in [0.2, 0.25) is 0 Å². The minimum Gasteiger partial charge on any atom is -0.365 e. The second-order valence-electron chi connectivity index (χ2n) is 5.20. The number of nitrogens with zero attached hydrogens (tertiary/aromatic N) is 4. The molecule has 3 rings (SSSR count). The molecule has 0 amide bonds. The Morgan fingerprint density at radius 1 is 1.41 bits per heavy atom. The summed E-state index contributed by atoms with van der Waals surface area (Å²) >= 11 is 1.27. The first-order chi connectivity index (χ1) is 10.5. The van der Waals surface area contributed by atoms with Gasteiger partial charge in [0.1, 0.15) is 6.04 Å². The molecule has 2 aromatic rings. The lowest BCUT2D eigenvalue weighted by molar-refractivity contribution is -0.558. The van der Waals surface area contributed by atoms with Crippen LogP contribution in [0.25, 0.3) is 0 Å². The predicted molar refractivity (Wildman–Crippen MR) is 81.3 cm³/mol. The zero-order chi connectivity index (χ0) is 15.9. The largest absolute Gasteiger partial charge is 0.365 e. The van der Waals surface area contributed by atoms with Crippen LogP contribution in [-0.2, 0) is 5.72 Å². The Morgan fingerprint density at radius 3 is 2.68 bits per heavy atom. The molecule has 116 valence electrons. The average Bonchev–Trinajstić information content (AvgIpc) is 2.91. The highest BCUT2D eigenvalue weighted by Gasteiger charge is 2.55. The van der Waals surface area contributed by atoms with E-state index in [1.807, 2.05) is 6.07 Å². The third kappa shape index (κ3) is 2.13. The number of aromatic nitrogens is 3. The maximum atomic E-state index is 11.6. The molecule has 0 saturated carbocycles. The van der Waals surface area contributed by atoms with E-state index in [4.69, 9.17) is 0 Å². The number of hydrogen-bond donors (Lipinski definition) is 2. The lowest BCUT2D eigenvalue weighted by Crippen LogP contribution is -2.55. The Balaban J connectivity index is 2.16. The zero-order valence-corrected chi connectivity index (χ0v) is 12.8. The lowest BCUT2D eigenvalue weighted by atomic mass is 9.90. The highest BCUT2D eigenvalue weighted by molar-refractivity contribution is 7.98. The average molecular weight is 321 g/mol. The van der Waals surface area contributed by atoms with Gasteiger partial charge in [-0.3, -0.25) is 14.7 Å². The van der Waals surface area contributed by atoms with Crippen molar-refractivity contribution in [2.45, 2.75) is 29.9 Å². The van der Waals surface area contributed by atoms with Crippen LogP contribution in [0.3, 0.4) is 0 Å². The molecule has 8 nitrogen and oxygen atoms in total. The molecule has 1 aromatic heterocycles. The van der Waals surface area contributed by atoms with E-state index in [9.17, 15) is 15.2 Å². The molecule has 1 aromatic carbocycles. The van der Waals surface area contributed by atoms with Crippen LogP contribution in [0, 0.1) is 10.1 Å². The molecule has 1 aliphatic heterocycles. The molecule has 0 spiro atoms. The molecular weight excluding hydrogens is 306 g/mol. The van der Waals surface area contributed by atoms with Crippen LogP contribution in [-0.4, -0.2) is 37.1 Å². The van der Waals surface area contributed by atoms with Gasteiger partial charge in [0.25, 0.3) is 6.04 Å². The predicted octanol–water partition coefficient (Wildman–Crippen LogP) is 1.48. The molecule has 2 heterocycles. The molecule has 3 unspecified atom stereocenters. The molecule has 9 heteroatoms. The van der Waals surface area contributed by atoms with Crippen LogP contribution < -0.4 is 5.32 Å². The fraction of sp³-hybridized carbons (Fsp3) is 0.385. The van der Waals surface area contributed by atoms with Gasteiger partial charge in [-0.15, -0.1) is 10.2 Å². The smallest absolute Gasteiger partial charge is 0.283 e. The summed E-state index contributed by atoms with van der Waals surface area (Å²) in [6.07, 6.45) is 1.78. The number of anilines is 1. The van der Waals surface area contributed by atoms with Crippen molar-refractivity contribution < 1.29 is 10.0 Å². The highest BCUT2D eigenvalue weighted by atomic mass is 32.2. The topological polar surface area (TPSA) is 106 Å². The van der Waals surface area contributed by atoms with Crippen molar-refractivity contribution in [2.75, 3.05) is 11.6 Å². The van der Waals surface area contributed by atoms with Gasteiger partial charge in [0.15, 0.2) is 5.16 Å². The molecule has 0 radical (unpaired) electrons. The van der Waals surface area contributed by atoms with E-state index in [2.05, 4.69) is 15.5 Å². The molecule has 0 saturated heterocycles. The Morgan fingerprint density at radius 2 is 2.09 bits per heavy atom. The van der Waals surface area contributed by atoms with Gasteiger partial charge in [0, 0.05) is 4.92 Å². The number of rotatable bonds is 3. The van der Waals surface area contributed by atoms with E-state index < -0.39 is 22.7 Å². The van der Waals surface area contributed by atoms with E-state index in [1.54, 1.807) is 30.5 Å². The van der Waals surface area contributed by atoms with Gasteiger partial charge in [0.05, 0.1) is 0 Å². The maximum Gasteiger partial charge on any atom is 0.283 e. The number of nitro groups is 1. The van der Waals surface area contributed by atoms with Crippen LogP contribution in [0.5, 0.6) is 0 Å². The second-order valence-corrected chi connectivity index (χ2v) is 5.98. The zero-order valence-electron chi connectivity index (χ0n) is 12.0. The summed E-state index contributed by atoms with van der Waals surface area (Å²) in [6.45, 7) is 1.42. The first kappa shape index (κ1) is 14.8. The molecular formula is C13H15N5O3S. The van der Waals surface area contributed by atoms with E-state index in [0.29, 0.717) is 16.7 Å². The summed E-state index contributed by atoms with van der Waals surface area (Å²) < 4.78 is 1.38. The number of nitrogens with one attached hydrogen (secondary N) is 1. The van der Waals surface area contributed by atoms with E-state index in [-0.39, 0.29) is 0 Å². The number of fused-ring (bicyclic) bond motifs is 1. The summed E-state index contributed by atoms with van der Waals surface area (Å²) in [7, 11) is 0. The fourth-order valence-electron chi connectivity index (χ4n) is 2.82. The first-order valence-electron chi connectivity index (χ1n) is 6.64. The molecule has 1 aliphatic rings. The van der Waals surface area contributed by atoms with Gasteiger partial charge >= 0.3 is 0 Å². The van der Waals surface area contributed by atoms with Crippen LogP contribution >= 0.6 is 11.8 Å². The molecule has 0 aliphatic carbocycles. The Kier molecular flexibility index (Phi) is 3.53. The van der Waals surface area contributed by atoms with Gasteiger partial charge in [-0.2, -0.15) is 0 Å². The van der Waals surface area contributed by atoms with Crippen molar-refractivity contribution in [1.29, 1.82) is 0 Å². The van der Waals surface area contributed by atoms with Gasteiger partial charge in [-0.1, -0.05) is 42.1 Å². The van der Waals surface area contributed by atoms with Crippen molar-refractivity contribution in [3.05, 3.63) is 46.0 Å². The quantitative estimate of drug-likeness (QED) is 0.501. The SMILES string of the molecule is CSc1nnc2n1C(C)(O)C([N+](=O)[O-])C(c1ccccc1)N2. The van der Waals surface area contributed by atoms with E-state index in [1.165, 1.54) is 23.3 Å². The number of aliphatic hydroxyl groups is 1. The lowest BCUT2D eigenvalue weighted by Gasteiger charge is -2.38. The van der Waals surface area contributed by atoms with Crippen molar-refractivity contribution in [1.82, 2.24) is 14.8 Å². The Labute approximate surface area is 130 Å². The van der Waals surface area contributed by atoms with Crippen molar-refractivity contribution in [2.24, 2.45) is 0 Å². The van der Waals surface area contributed by atoms with Gasteiger partial charge < -0.3 is 10.4 Å². The Bertz CT molecular complexity index is 703. The highest BCUT2D eigenvalue weighted by Crippen LogP contribution is 2.40. The summed E-state index contributed by atoms with van der Waals surface area (Å²) in [5.41, 5.74) is -1.03. The van der Waals surface area contributed by atoms with Crippen LogP contribution in [0.1, 0.15) is 18.5 Å². The van der Waals surface area contributed by atoms with E-state index in [0.717, 1.165) is 0 Å². The monoisotopic (exact) mass is 321 g/mol. The van der Waals surface area contributed by atoms with Crippen LogP contribution in [0.15, 0.2) is 35.5 Å². The number of hydrogen-bond acceptors (Lipinski definition) is 7. The molecule has 22 heavy (non-hydrogen) atoms. The minimum atomic E-state index is -1.74. The van der Waals surface area contributed by atoms with Gasteiger partial charge in [-0.05, 0) is 18.7 Å². The fourth-order valence-corrected chi connectivity index (χ4v) is 3.39. The second kappa shape index (κ2) is 5.25. The molecule has 0 fully saturated rings. The summed E-state index contributed by atoms with van der Waals surface area (Å²) in [6, 6.07) is 7.03. The Hall–Kier alpha value is -2.13. The maximum absolute atomic E-state index is 11.6. The van der Waals surface area contributed by atoms with Crippen molar-refractivity contribution in [3.63, 3.8) is 0 Å². The molecule has 2 N–H and O–H groups in total. The van der Waals surface area contributed by atoms with E-state index >= 15 is 0 Å². The van der Waals surface area contributed by atoms with Gasteiger partial charge in [-0.25, -0.2) is 0 Å². The number of thioether (sulfide) groups is 1. The summed E-state index contributed by atoms with van der Waals surface area (Å²) in [5.74, 6) is 0.321. The van der Waals surface area contributed by atoms with Crippen molar-refractivity contribution >= 4 is 17.7 Å². The molecule has 3 atom stereocenters. The normalized spacial score (nSPS) is 27.0. The summed E-state index contributed by atoms with van der Waals surface area (Å²) in [4.78, 5) is 11.2.